The van der Waals surface area contributed by atoms with Crippen LogP contribution in [-0.4, -0.2) is 23.3 Å². The molecule has 1 heterocycles. The Morgan fingerprint density at radius 3 is 2.12 bits per heavy atom. The second-order valence-electron chi connectivity index (χ2n) is 7.33. The van der Waals surface area contributed by atoms with Gasteiger partial charge in [-0.3, -0.25) is 0 Å². The maximum Gasteiger partial charge on any atom is 0.0663 e. The predicted molar refractivity (Wildman–Crippen MR) is 69.7 cm³/mol. The lowest BCUT2D eigenvalue weighted by Crippen LogP contribution is -2.38. The van der Waals surface area contributed by atoms with Crippen molar-refractivity contribution in [2.45, 2.75) is 78.0 Å². The molecule has 1 aliphatic heterocycles. The second kappa shape index (κ2) is 4.30. The van der Waals surface area contributed by atoms with Crippen LogP contribution in [0.4, 0.5) is 0 Å². The van der Waals surface area contributed by atoms with E-state index in [9.17, 15) is 0 Å². The van der Waals surface area contributed by atoms with Gasteiger partial charge < -0.3 is 10.1 Å². The summed E-state index contributed by atoms with van der Waals surface area (Å²) in [5.41, 5.74) is 0.304. The van der Waals surface area contributed by atoms with Crippen molar-refractivity contribution in [3.05, 3.63) is 0 Å². The zero-order valence-electron chi connectivity index (χ0n) is 12.1. The summed E-state index contributed by atoms with van der Waals surface area (Å²) in [7, 11) is 0. The molecule has 1 rings (SSSR count). The van der Waals surface area contributed by atoms with E-state index in [1.54, 1.807) is 0 Å². The average Bonchev–Trinajstić information content (AvgIpc) is 2.16. The van der Waals surface area contributed by atoms with Gasteiger partial charge in [-0.25, -0.2) is 0 Å². The first-order valence-corrected chi connectivity index (χ1v) is 6.47. The van der Waals surface area contributed by atoms with E-state index in [2.05, 4.69) is 53.8 Å². The molecular formula is C14H29NO. The van der Waals surface area contributed by atoms with Gasteiger partial charge in [-0.2, -0.15) is 0 Å². The molecule has 0 bridgehead atoms. The Kier molecular flexibility index (Phi) is 3.76. The van der Waals surface area contributed by atoms with E-state index in [-0.39, 0.29) is 16.7 Å². The van der Waals surface area contributed by atoms with Crippen molar-refractivity contribution >= 4 is 0 Å². The number of rotatable bonds is 3. The summed E-state index contributed by atoms with van der Waals surface area (Å²) < 4.78 is 6.10. The van der Waals surface area contributed by atoms with E-state index in [4.69, 9.17) is 4.74 Å². The third-order valence-electron chi connectivity index (χ3n) is 3.41. The third-order valence-corrected chi connectivity index (χ3v) is 3.41. The van der Waals surface area contributed by atoms with Gasteiger partial charge in [0.2, 0.25) is 0 Å². The molecule has 0 spiro atoms. The lowest BCUT2D eigenvalue weighted by Gasteiger charge is -2.28. The quantitative estimate of drug-likeness (QED) is 0.798. The first-order chi connectivity index (χ1) is 7.02. The van der Waals surface area contributed by atoms with Crippen molar-refractivity contribution in [1.82, 2.24) is 5.32 Å². The van der Waals surface area contributed by atoms with Crippen molar-refractivity contribution in [1.29, 1.82) is 0 Å². The predicted octanol–water partition coefficient (Wildman–Crippen LogP) is 3.36. The fourth-order valence-electron chi connectivity index (χ4n) is 2.75. The molecule has 0 radical (unpaired) electrons. The van der Waals surface area contributed by atoms with Crippen LogP contribution in [0.3, 0.4) is 0 Å². The molecule has 0 saturated carbocycles. The monoisotopic (exact) mass is 227 g/mol. The fraction of sp³-hybridized carbons (Fsp3) is 1.00. The molecule has 1 atom stereocenters. The minimum atomic E-state index is 0.0308. The van der Waals surface area contributed by atoms with Crippen LogP contribution in [0, 0.1) is 5.92 Å². The zero-order valence-corrected chi connectivity index (χ0v) is 12.1. The maximum atomic E-state index is 6.10. The summed E-state index contributed by atoms with van der Waals surface area (Å²) in [5, 5.41) is 3.56. The summed E-state index contributed by atoms with van der Waals surface area (Å²) in [6.07, 6.45) is 2.37. The van der Waals surface area contributed by atoms with E-state index in [0.717, 1.165) is 6.54 Å². The first kappa shape index (κ1) is 14.0. The average molecular weight is 227 g/mol. The van der Waals surface area contributed by atoms with Crippen LogP contribution in [0.25, 0.3) is 0 Å². The lowest BCUT2D eigenvalue weighted by molar-refractivity contribution is -0.0751. The van der Waals surface area contributed by atoms with Crippen LogP contribution in [0.1, 0.15) is 61.3 Å². The Hall–Kier alpha value is -0.0800. The molecule has 0 aromatic heterocycles. The largest absolute Gasteiger partial charge is 0.369 e. The SMILES string of the molecule is CC(C)(C)NCCC1CC(C)(C)OC1(C)C. The van der Waals surface area contributed by atoms with E-state index >= 15 is 0 Å². The van der Waals surface area contributed by atoms with Crippen molar-refractivity contribution in [2.24, 2.45) is 5.92 Å². The van der Waals surface area contributed by atoms with Crippen molar-refractivity contribution in [3.8, 4) is 0 Å². The Balaban J connectivity index is 2.43. The van der Waals surface area contributed by atoms with E-state index in [1.807, 2.05) is 0 Å². The molecule has 0 amide bonds. The number of nitrogens with one attached hydrogen (secondary N) is 1. The topological polar surface area (TPSA) is 21.3 Å². The molecule has 1 unspecified atom stereocenters. The molecule has 2 nitrogen and oxygen atoms in total. The summed E-state index contributed by atoms with van der Waals surface area (Å²) >= 11 is 0. The van der Waals surface area contributed by atoms with Gasteiger partial charge in [-0.15, -0.1) is 0 Å². The molecule has 0 aromatic rings. The van der Waals surface area contributed by atoms with E-state index < -0.39 is 0 Å². The molecular weight excluding hydrogens is 198 g/mol. The summed E-state index contributed by atoms with van der Waals surface area (Å²) in [5.74, 6) is 0.664. The van der Waals surface area contributed by atoms with Crippen LogP contribution in [-0.2, 0) is 4.74 Å². The molecule has 1 N–H and O–H groups in total. The highest BCUT2D eigenvalue weighted by molar-refractivity contribution is 4.94. The van der Waals surface area contributed by atoms with Gasteiger partial charge in [0.05, 0.1) is 11.2 Å². The summed E-state index contributed by atoms with van der Waals surface area (Å²) in [6, 6.07) is 0. The Bertz CT molecular complexity index is 238. The Morgan fingerprint density at radius 2 is 1.75 bits per heavy atom. The molecule has 16 heavy (non-hydrogen) atoms. The molecule has 96 valence electrons. The van der Waals surface area contributed by atoms with Crippen LogP contribution < -0.4 is 5.32 Å². The van der Waals surface area contributed by atoms with Crippen LogP contribution >= 0.6 is 0 Å². The smallest absolute Gasteiger partial charge is 0.0663 e. The second-order valence-corrected chi connectivity index (χ2v) is 7.33. The van der Waals surface area contributed by atoms with E-state index in [0.29, 0.717) is 5.92 Å². The van der Waals surface area contributed by atoms with Crippen LogP contribution in [0.15, 0.2) is 0 Å². The Labute approximate surface area is 101 Å². The van der Waals surface area contributed by atoms with Crippen LogP contribution in [0.2, 0.25) is 0 Å². The highest BCUT2D eigenvalue weighted by atomic mass is 16.5. The Morgan fingerprint density at radius 1 is 1.19 bits per heavy atom. The normalized spacial score (nSPS) is 28.3. The molecule has 2 heteroatoms. The number of hydrogen-bond donors (Lipinski definition) is 1. The van der Waals surface area contributed by atoms with Crippen molar-refractivity contribution in [3.63, 3.8) is 0 Å². The minimum Gasteiger partial charge on any atom is -0.369 e. The fourth-order valence-corrected chi connectivity index (χ4v) is 2.75. The standard InChI is InChI=1S/C14H29NO/c1-12(2,3)15-9-8-11-10-13(4,5)16-14(11,6)7/h11,15H,8-10H2,1-7H3. The molecule has 1 saturated heterocycles. The highest BCUT2D eigenvalue weighted by Gasteiger charge is 2.45. The van der Waals surface area contributed by atoms with Gasteiger partial charge in [-0.1, -0.05) is 0 Å². The van der Waals surface area contributed by atoms with Gasteiger partial charge in [0, 0.05) is 5.54 Å². The third kappa shape index (κ3) is 4.06. The van der Waals surface area contributed by atoms with Gasteiger partial charge in [0.25, 0.3) is 0 Å². The van der Waals surface area contributed by atoms with Crippen LogP contribution in [0.5, 0.6) is 0 Å². The minimum absolute atomic E-state index is 0.0308. The molecule has 0 aromatic carbocycles. The maximum absolute atomic E-state index is 6.10. The van der Waals surface area contributed by atoms with E-state index in [1.165, 1.54) is 12.8 Å². The molecule has 1 fully saturated rings. The van der Waals surface area contributed by atoms with Gasteiger partial charge in [0.15, 0.2) is 0 Å². The number of ether oxygens (including phenoxy) is 1. The van der Waals surface area contributed by atoms with Gasteiger partial charge in [0.1, 0.15) is 0 Å². The molecule has 1 aliphatic rings. The van der Waals surface area contributed by atoms with Crippen molar-refractivity contribution < 1.29 is 4.74 Å². The van der Waals surface area contributed by atoms with Gasteiger partial charge >= 0.3 is 0 Å². The van der Waals surface area contributed by atoms with Gasteiger partial charge in [-0.05, 0) is 73.8 Å². The number of hydrogen-bond acceptors (Lipinski definition) is 2. The first-order valence-electron chi connectivity index (χ1n) is 6.47. The van der Waals surface area contributed by atoms with Crippen molar-refractivity contribution in [2.75, 3.05) is 6.54 Å². The highest BCUT2D eigenvalue weighted by Crippen LogP contribution is 2.43. The summed E-state index contributed by atoms with van der Waals surface area (Å²) in [6.45, 7) is 16.6. The lowest BCUT2D eigenvalue weighted by atomic mass is 9.85. The zero-order chi connectivity index (χ0) is 12.6. The molecule has 0 aliphatic carbocycles. The summed E-state index contributed by atoms with van der Waals surface area (Å²) in [4.78, 5) is 0.